The number of carbonyl (C=O) groups excluding carboxylic acids is 1. The summed E-state index contributed by atoms with van der Waals surface area (Å²) in [5.74, 6) is 1.39. The van der Waals surface area contributed by atoms with Gasteiger partial charge in [0.15, 0.2) is 5.82 Å². The van der Waals surface area contributed by atoms with E-state index in [0.29, 0.717) is 37.7 Å². The number of anilines is 2. The first-order chi connectivity index (χ1) is 10.1. The van der Waals surface area contributed by atoms with Gasteiger partial charge in [-0.15, -0.1) is 0 Å². The number of aromatic nitrogens is 2. The van der Waals surface area contributed by atoms with Gasteiger partial charge in [0, 0.05) is 26.1 Å². The van der Waals surface area contributed by atoms with Gasteiger partial charge in [-0.1, -0.05) is 6.92 Å². The molecule has 1 saturated heterocycles. The van der Waals surface area contributed by atoms with Crippen molar-refractivity contribution in [3.63, 3.8) is 0 Å². The predicted molar refractivity (Wildman–Crippen MR) is 77.3 cm³/mol. The highest BCUT2D eigenvalue weighted by Gasteiger charge is 2.22. The van der Waals surface area contributed by atoms with Gasteiger partial charge in [0.2, 0.25) is 5.91 Å². The summed E-state index contributed by atoms with van der Waals surface area (Å²) in [6, 6.07) is 0. The van der Waals surface area contributed by atoms with E-state index in [2.05, 4.69) is 20.6 Å². The van der Waals surface area contributed by atoms with Gasteiger partial charge in [0.05, 0.1) is 12.4 Å². The van der Waals surface area contributed by atoms with E-state index in [-0.39, 0.29) is 11.8 Å². The lowest BCUT2D eigenvalue weighted by molar-refractivity contribution is -0.117. The van der Waals surface area contributed by atoms with Gasteiger partial charge >= 0.3 is 6.09 Å². The standard InChI is InChI=1S/C13H19N5O3/c1-9(6-17-13(20)21)5-14-10-7-16-11(8-15-10)18-4-2-3-12(18)19/h7-9,17H,2-6H2,1H3,(H,14,15)(H,20,21). The van der Waals surface area contributed by atoms with Crippen LogP contribution in [-0.4, -0.2) is 46.7 Å². The van der Waals surface area contributed by atoms with Crippen molar-refractivity contribution in [2.24, 2.45) is 5.92 Å². The molecule has 114 valence electrons. The molecule has 0 aliphatic carbocycles. The quantitative estimate of drug-likeness (QED) is 0.720. The molecule has 8 heteroatoms. The van der Waals surface area contributed by atoms with Gasteiger partial charge in [-0.05, 0) is 12.3 Å². The number of amides is 2. The molecule has 0 spiro atoms. The van der Waals surface area contributed by atoms with Crippen molar-refractivity contribution in [1.82, 2.24) is 15.3 Å². The SMILES string of the molecule is CC(CNC(=O)O)CNc1cnc(N2CCCC2=O)cn1. The molecule has 2 heterocycles. The van der Waals surface area contributed by atoms with Crippen LogP contribution in [0, 0.1) is 5.92 Å². The topological polar surface area (TPSA) is 107 Å². The third kappa shape index (κ3) is 4.30. The molecule has 1 aliphatic rings. The average molecular weight is 293 g/mol. The number of rotatable bonds is 6. The monoisotopic (exact) mass is 293 g/mol. The van der Waals surface area contributed by atoms with E-state index in [9.17, 15) is 9.59 Å². The molecule has 1 aromatic rings. The molecule has 2 amide bonds. The maximum Gasteiger partial charge on any atom is 0.404 e. The number of nitrogens with one attached hydrogen (secondary N) is 2. The minimum atomic E-state index is -1.03. The van der Waals surface area contributed by atoms with Crippen LogP contribution in [0.2, 0.25) is 0 Å². The lowest BCUT2D eigenvalue weighted by Gasteiger charge is -2.15. The van der Waals surface area contributed by atoms with Crippen LogP contribution >= 0.6 is 0 Å². The molecule has 8 nitrogen and oxygen atoms in total. The molecular weight excluding hydrogens is 274 g/mol. The highest BCUT2D eigenvalue weighted by Crippen LogP contribution is 2.18. The van der Waals surface area contributed by atoms with E-state index in [1.165, 1.54) is 0 Å². The third-order valence-electron chi connectivity index (χ3n) is 3.22. The van der Waals surface area contributed by atoms with Crippen LogP contribution in [0.25, 0.3) is 0 Å². The molecule has 1 fully saturated rings. The lowest BCUT2D eigenvalue weighted by Crippen LogP contribution is -2.29. The van der Waals surface area contributed by atoms with E-state index in [1.54, 1.807) is 17.3 Å². The van der Waals surface area contributed by atoms with Crippen molar-refractivity contribution in [2.45, 2.75) is 19.8 Å². The van der Waals surface area contributed by atoms with Gasteiger partial charge in [0.1, 0.15) is 5.82 Å². The van der Waals surface area contributed by atoms with Gasteiger partial charge < -0.3 is 15.7 Å². The normalized spacial score (nSPS) is 15.9. The van der Waals surface area contributed by atoms with Crippen molar-refractivity contribution in [3.8, 4) is 0 Å². The molecule has 1 aromatic heterocycles. The molecule has 1 atom stereocenters. The Balaban J connectivity index is 1.82. The van der Waals surface area contributed by atoms with Crippen LogP contribution in [0.1, 0.15) is 19.8 Å². The van der Waals surface area contributed by atoms with E-state index >= 15 is 0 Å². The van der Waals surface area contributed by atoms with E-state index in [1.807, 2.05) is 6.92 Å². The Morgan fingerprint density at radius 3 is 2.81 bits per heavy atom. The van der Waals surface area contributed by atoms with Crippen molar-refractivity contribution >= 4 is 23.6 Å². The Morgan fingerprint density at radius 2 is 2.24 bits per heavy atom. The zero-order valence-corrected chi connectivity index (χ0v) is 11.9. The van der Waals surface area contributed by atoms with Crippen molar-refractivity contribution < 1.29 is 14.7 Å². The number of carbonyl (C=O) groups is 2. The molecule has 0 bridgehead atoms. The van der Waals surface area contributed by atoms with Gasteiger partial charge in [0.25, 0.3) is 0 Å². The van der Waals surface area contributed by atoms with Crippen LogP contribution < -0.4 is 15.5 Å². The van der Waals surface area contributed by atoms with Gasteiger partial charge in [-0.3, -0.25) is 9.69 Å². The maximum atomic E-state index is 11.6. The van der Waals surface area contributed by atoms with Gasteiger partial charge in [-0.2, -0.15) is 0 Å². The van der Waals surface area contributed by atoms with E-state index < -0.39 is 6.09 Å². The summed E-state index contributed by atoms with van der Waals surface area (Å²) in [4.78, 5) is 32.1. The summed E-state index contributed by atoms with van der Waals surface area (Å²) in [6.07, 6.45) is 3.55. The van der Waals surface area contributed by atoms with Crippen LogP contribution in [0.15, 0.2) is 12.4 Å². The van der Waals surface area contributed by atoms with Crippen LogP contribution in [0.4, 0.5) is 16.4 Å². The Labute approximate surface area is 122 Å². The summed E-state index contributed by atoms with van der Waals surface area (Å²) in [7, 11) is 0. The average Bonchev–Trinajstić information content (AvgIpc) is 2.89. The minimum absolute atomic E-state index is 0.0818. The summed E-state index contributed by atoms with van der Waals surface area (Å²) in [5.41, 5.74) is 0. The lowest BCUT2D eigenvalue weighted by atomic mass is 10.2. The zero-order valence-electron chi connectivity index (χ0n) is 11.9. The number of hydrogen-bond acceptors (Lipinski definition) is 5. The van der Waals surface area contributed by atoms with Crippen molar-refractivity contribution in [2.75, 3.05) is 29.9 Å². The zero-order chi connectivity index (χ0) is 15.2. The maximum absolute atomic E-state index is 11.6. The molecule has 1 aliphatic heterocycles. The molecule has 1 unspecified atom stereocenters. The van der Waals surface area contributed by atoms with Crippen LogP contribution in [0.5, 0.6) is 0 Å². The number of carboxylic acid groups (broad SMARTS) is 1. The molecular formula is C13H19N5O3. The van der Waals surface area contributed by atoms with Crippen molar-refractivity contribution in [3.05, 3.63) is 12.4 Å². The van der Waals surface area contributed by atoms with Gasteiger partial charge in [-0.25, -0.2) is 14.8 Å². The second-order valence-electron chi connectivity index (χ2n) is 5.08. The summed E-state index contributed by atoms with van der Waals surface area (Å²) in [5, 5.41) is 13.9. The fourth-order valence-corrected chi connectivity index (χ4v) is 2.05. The fourth-order valence-electron chi connectivity index (χ4n) is 2.05. The molecule has 0 aromatic carbocycles. The Bertz CT molecular complexity index is 505. The smallest absolute Gasteiger partial charge is 0.404 e. The highest BCUT2D eigenvalue weighted by molar-refractivity contribution is 5.94. The largest absolute Gasteiger partial charge is 0.465 e. The predicted octanol–water partition coefficient (Wildman–Crippen LogP) is 0.919. The Morgan fingerprint density at radius 1 is 1.43 bits per heavy atom. The minimum Gasteiger partial charge on any atom is -0.465 e. The fraction of sp³-hybridized carbons (Fsp3) is 0.538. The second kappa shape index (κ2) is 6.87. The first-order valence-electron chi connectivity index (χ1n) is 6.89. The first kappa shape index (κ1) is 15.0. The summed E-state index contributed by atoms with van der Waals surface area (Å²) in [6.45, 7) is 3.57. The first-order valence-corrected chi connectivity index (χ1v) is 6.89. The highest BCUT2D eigenvalue weighted by atomic mass is 16.4. The van der Waals surface area contributed by atoms with Crippen molar-refractivity contribution in [1.29, 1.82) is 0 Å². The molecule has 21 heavy (non-hydrogen) atoms. The Hall–Kier alpha value is -2.38. The number of hydrogen-bond donors (Lipinski definition) is 3. The van der Waals surface area contributed by atoms with Crippen LogP contribution in [-0.2, 0) is 4.79 Å². The molecule has 0 radical (unpaired) electrons. The van der Waals surface area contributed by atoms with E-state index in [4.69, 9.17) is 5.11 Å². The second-order valence-corrected chi connectivity index (χ2v) is 5.08. The Kier molecular flexibility index (Phi) is 4.91. The van der Waals surface area contributed by atoms with E-state index in [0.717, 1.165) is 6.42 Å². The number of nitrogens with zero attached hydrogens (tertiary/aromatic N) is 3. The molecule has 2 rings (SSSR count). The molecule has 3 N–H and O–H groups in total. The third-order valence-corrected chi connectivity index (χ3v) is 3.22. The summed E-state index contributed by atoms with van der Waals surface area (Å²) >= 11 is 0. The summed E-state index contributed by atoms with van der Waals surface area (Å²) < 4.78 is 0. The van der Waals surface area contributed by atoms with Crippen LogP contribution in [0.3, 0.4) is 0 Å². The molecule has 0 saturated carbocycles.